The molecule has 3 amide bonds. The number of amides is 3. The molecule has 1 fully saturated rings. The molecule has 1 N–H and O–H groups in total. The average Bonchev–Trinajstić information content (AvgIpc) is 3.13. The topological polar surface area (TPSA) is 79.4 Å². The molecule has 6 nitrogen and oxygen atoms in total. The molecule has 0 radical (unpaired) electrons. The molecule has 0 bridgehead atoms. The van der Waals surface area contributed by atoms with E-state index in [1.54, 1.807) is 11.3 Å². The zero-order valence-electron chi connectivity index (χ0n) is 13.2. The second kappa shape index (κ2) is 6.92. The Bertz CT molecular complexity index is 767. The molecule has 1 aromatic carbocycles. The first-order valence-electron chi connectivity index (χ1n) is 7.68. The molecular formula is C17H17N3O3S. The van der Waals surface area contributed by atoms with Crippen LogP contribution in [-0.2, 0) is 14.4 Å². The number of thiazole rings is 1. The number of aryl methyl sites for hydroxylation is 1. The van der Waals surface area contributed by atoms with E-state index in [1.165, 1.54) is 0 Å². The Labute approximate surface area is 143 Å². The van der Waals surface area contributed by atoms with Crippen molar-refractivity contribution in [2.24, 2.45) is 0 Å². The van der Waals surface area contributed by atoms with Gasteiger partial charge in [0.15, 0.2) is 0 Å². The number of hydrogen-bond acceptors (Lipinski definition) is 5. The second-order valence-electron chi connectivity index (χ2n) is 5.61. The first-order chi connectivity index (χ1) is 11.5. The van der Waals surface area contributed by atoms with Crippen molar-refractivity contribution >= 4 is 34.7 Å². The van der Waals surface area contributed by atoms with Crippen LogP contribution in [0.15, 0.2) is 29.6 Å². The number of carbonyl (C=O) groups is 3. The van der Waals surface area contributed by atoms with Gasteiger partial charge in [0, 0.05) is 48.1 Å². The van der Waals surface area contributed by atoms with Crippen molar-refractivity contribution in [2.45, 2.75) is 26.2 Å². The van der Waals surface area contributed by atoms with Crippen LogP contribution in [0.5, 0.6) is 0 Å². The highest BCUT2D eigenvalue weighted by Crippen LogP contribution is 2.24. The van der Waals surface area contributed by atoms with Gasteiger partial charge in [-0.1, -0.05) is 0 Å². The number of nitrogens with one attached hydrogen (secondary N) is 1. The highest BCUT2D eigenvalue weighted by Gasteiger charge is 2.28. The summed E-state index contributed by atoms with van der Waals surface area (Å²) in [6.07, 6.45) is 0.598. The van der Waals surface area contributed by atoms with Crippen LogP contribution in [-0.4, -0.2) is 34.2 Å². The molecule has 3 rings (SSSR count). The molecule has 24 heavy (non-hydrogen) atoms. The first kappa shape index (κ1) is 16.3. The van der Waals surface area contributed by atoms with E-state index in [-0.39, 0.29) is 43.5 Å². The number of carbonyl (C=O) groups excluding carboxylic acids is 3. The monoisotopic (exact) mass is 343 g/mol. The van der Waals surface area contributed by atoms with Crippen molar-refractivity contribution in [1.29, 1.82) is 0 Å². The molecule has 1 aromatic heterocycles. The van der Waals surface area contributed by atoms with Crippen molar-refractivity contribution in [3.8, 4) is 10.6 Å². The summed E-state index contributed by atoms with van der Waals surface area (Å²) < 4.78 is 0. The fourth-order valence-electron chi connectivity index (χ4n) is 2.49. The third kappa shape index (κ3) is 3.68. The number of benzene rings is 1. The molecule has 0 unspecified atom stereocenters. The van der Waals surface area contributed by atoms with Gasteiger partial charge in [-0.15, -0.1) is 11.3 Å². The first-order valence-corrected chi connectivity index (χ1v) is 8.56. The molecule has 0 saturated carbocycles. The SMILES string of the molecule is Cc1csc(-c2ccc(NC(=O)CCN3C(=O)CCC3=O)cc2)n1. The lowest BCUT2D eigenvalue weighted by molar-refractivity contribution is -0.138. The van der Waals surface area contributed by atoms with Gasteiger partial charge in [-0.3, -0.25) is 19.3 Å². The van der Waals surface area contributed by atoms with Crippen molar-refractivity contribution in [3.63, 3.8) is 0 Å². The number of nitrogens with zero attached hydrogens (tertiary/aromatic N) is 2. The Morgan fingerprint density at radius 1 is 1.21 bits per heavy atom. The van der Waals surface area contributed by atoms with Crippen LogP contribution in [0.3, 0.4) is 0 Å². The third-order valence-corrected chi connectivity index (χ3v) is 4.76. The smallest absolute Gasteiger partial charge is 0.229 e. The van der Waals surface area contributed by atoms with E-state index < -0.39 is 0 Å². The number of aromatic nitrogens is 1. The van der Waals surface area contributed by atoms with Gasteiger partial charge in [0.1, 0.15) is 5.01 Å². The molecule has 0 spiro atoms. The summed E-state index contributed by atoms with van der Waals surface area (Å²) in [5, 5.41) is 5.71. The predicted molar refractivity (Wildman–Crippen MR) is 91.5 cm³/mol. The summed E-state index contributed by atoms with van der Waals surface area (Å²) in [6.45, 7) is 2.09. The van der Waals surface area contributed by atoms with Crippen LogP contribution in [0.25, 0.3) is 10.6 Å². The number of imide groups is 1. The summed E-state index contributed by atoms with van der Waals surface area (Å²) in [5.74, 6) is -0.618. The molecule has 1 aliphatic rings. The average molecular weight is 343 g/mol. The Balaban J connectivity index is 1.55. The maximum atomic E-state index is 12.0. The standard InChI is InChI=1S/C17H17N3O3S/c1-11-10-24-17(18-11)12-2-4-13(5-3-12)19-14(21)8-9-20-15(22)6-7-16(20)23/h2-5,10H,6-9H2,1H3,(H,19,21). The van der Waals surface area contributed by atoms with E-state index in [0.29, 0.717) is 5.69 Å². The molecule has 0 atom stereocenters. The van der Waals surface area contributed by atoms with Gasteiger partial charge in [-0.25, -0.2) is 4.98 Å². The van der Waals surface area contributed by atoms with Gasteiger partial charge in [0.25, 0.3) is 0 Å². The minimum atomic E-state index is -0.222. The highest BCUT2D eigenvalue weighted by atomic mass is 32.1. The zero-order chi connectivity index (χ0) is 17.1. The van der Waals surface area contributed by atoms with Crippen LogP contribution < -0.4 is 5.32 Å². The van der Waals surface area contributed by atoms with Gasteiger partial charge in [0.05, 0.1) is 0 Å². The Kier molecular flexibility index (Phi) is 4.71. The van der Waals surface area contributed by atoms with E-state index in [1.807, 2.05) is 36.6 Å². The summed E-state index contributed by atoms with van der Waals surface area (Å²) in [7, 11) is 0. The highest BCUT2D eigenvalue weighted by molar-refractivity contribution is 7.13. The molecule has 124 valence electrons. The van der Waals surface area contributed by atoms with Crippen LogP contribution in [0.1, 0.15) is 25.0 Å². The van der Waals surface area contributed by atoms with Gasteiger partial charge in [-0.05, 0) is 31.2 Å². The number of anilines is 1. The molecular weight excluding hydrogens is 326 g/mol. The van der Waals surface area contributed by atoms with E-state index in [9.17, 15) is 14.4 Å². The molecule has 7 heteroatoms. The van der Waals surface area contributed by atoms with E-state index in [2.05, 4.69) is 10.3 Å². The fourth-order valence-corrected chi connectivity index (χ4v) is 3.30. The van der Waals surface area contributed by atoms with Crippen LogP contribution in [0, 0.1) is 6.92 Å². The van der Waals surface area contributed by atoms with E-state index in [4.69, 9.17) is 0 Å². The number of likely N-dealkylation sites (tertiary alicyclic amines) is 1. The molecule has 2 aromatic rings. The zero-order valence-corrected chi connectivity index (χ0v) is 14.1. The lowest BCUT2D eigenvalue weighted by atomic mass is 10.2. The van der Waals surface area contributed by atoms with Crippen LogP contribution >= 0.6 is 11.3 Å². The summed E-state index contributed by atoms with van der Waals surface area (Å²) in [6, 6.07) is 7.44. The minimum Gasteiger partial charge on any atom is -0.326 e. The maximum Gasteiger partial charge on any atom is 0.229 e. The molecule has 1 aliphatic heterocycles. The summed E-state index contributed by atoms with van der Waals surface area (Å²) in [5.41, 5.74) is 2.66. The predicted octanol–water partition coefficient (Wildman–Crippen LogP) is 2.60. The molecule has 1 saturated heterocycles. The van der Waals surface area contributed by atoms with Crippen molar-refractivity contribution in [2.75, 3.05) is 11.9 Å². The summed E-state index contributed by atoms with van der Waals surface area (Å²) in [4.78, 5) is 40.5. The number of hydrogen-bond donors (Lipinski definition) is 1. The largest absolute Gasteiger partial charge is 0.326 e. The Morgan fingerprint density at radius 2 is 1.88 bits per heavy atom. The Hall–Kier alpha value is -2.54. The normalized spacial score (nSPS) is 14.3. The summed E-state index contributed by atoms with van der Waals surface area (Å²) >= 11 is 1.58. The van der Waals surface area contributed by atoms with Crippen molar-refractivity contribution in [3.05, 3.63) is 35.3 Å². The fraction of sp³-hybridized carbons (Fsp3) is 0.294. The molecule has 0 aliphatic carbocycles. The van der Waals surface area contributed by atoms with Gasteiger partial charge < -0.3 is 5.32 Å². The van der Waals surface area contributed by atoms with E-state index in [0.717, 1.165) is 21.2 Å². The van der Waals surface area contributed by atoms with Crippen molar-refractivity contribution < 1.29 is 14.4 Å². The van der Waals surface area contributed by atoms with Crippen molar-refractivity contribution in [1.82, 2.24) is 9.88 Å². The lowest BCUT2D eigenvalue weighted by Gasteiger charge is -2.13. The third-order valence-electron chi connectivity index (χ3n) is 3.75. The van der Waals surface area contributed by atoms with Crippen LogP contribution in [0.2, 0.25) is 0 Å². The Morgan fingerprint density at radius 3 is 2.46 bits per heavy atom. The van der Waals surface area contributed by atoms with Gasteiger partial charge in [-0.2, -0.15) is 0 Å². The minimum absolute atomic E-state index is 0.102. The molecule has 2 heterocycles. The van der Waals surface area contributed by atoms with Gasteiger partial charge in [0.2, 0.25) is 17.7 Å². The quantitative estimate of drug-likeness (QED) is 0.846. The van der Waals surface area contributed by atoms with E-state index >= 15 is 0 Å². The van der Waals surface area contributed by atoms with Gasteiger partial charge >= 0.3 is 0 Å². The maximum absolute atomic E-state index is 12.0. The number of rotatable bonds is 5. The second-order valence-corrected chi connectivity index (χ2v) is 6.47. The van der Waals surface area contributed by atoms with Crippen LogP contribution in [0.4, 0.5) is 5.69 Å². The lowest BCUT2D eigenvalue weighted by Crippen LogP contribution is -2.32.